The normalized spacial score (nSPS) is 14.0. The van der Waals surface area contributed by atoms with Crippen molar-refractivity contribution in [1.29, 1.82) is 0 Å². The molecule has 31 heavy (non-hydrogen) atoms. The molecule has 1 heterocycles. The average Bonchev–Trinajstić information content (AvgIpc) is 3.00. The van der Waals surface area contributed by atoms with Crippen LogP contribution >= 0.6 is 11.6 Å². The highest BCUT2D eigenvalue weighted by atomic mass is 35.5. The first-order chi connectivity index (χ1) is 14.9. The quantitative estimate of drug-likeness (QED) is 0.741. The number of nitrogens with one attached hydrogen (secondary N) is 2. The fourth-order valence-electron chi connectivity index (χ4n) is 3.29. The average molecular weight is 447 g/mol. The van der Waals surface area contributed by atoms with Gasteiger partial charge in [0.2, 0.25) is 11.8 Å². The summed E-state index contributed by atoms with van der Waals surface area (Å²) in [5.74, 6) is -0.971. The Bertz CT molecular complexity index is 939. The summed E-state index contributed by atoms with van der Waals surface area (Å²) in [6.07, 6.45) is 0.640. The Hall–Kier alpha value is -3.13. The third-order valence-corrected chi connectivity index (χ3v) is 5.17. The molecule has 1 aliphatic heterocycles. The fourth-order valence-corrected chi connectivity index (χ4v) is 3.41. The summed E-state index contributed by atoms with van der Waals surface area (Å²) in [6, 6.07) is 12.4. The monoisotopic (exact) mass is 446 g/mol. The SMILES string of the molecule is O=C(Cc1cccc(F)c1)NCC(=O)N1CCCN(C(=O)Nc2ccc(Cl)cc2)CC1. The third-order valence-electron chi connectivity index (χ3n) is 4.92. The third kappa shape index (κ3) is 6.96. The largest absolute Gasteiger partial charge is 0.347 e. The van der Waals surface area contributed by atoms with Crippen molar-refractivity contribution in [2.75, 3.05) is 38.0 Å². The molecular formula is C22H24ClFN4O3. The Morgan fingerprint density at radius 2 is 1.68 bits per heavy atom. The molecule has 2 aromatic rings. The summed E-state index contributed by atoms with van der Waals surface area (Å²) in [7, 11) is 0. The van der Waals surface area contributed by atoms with Crippen LogP contribution in [-0.2, 0) is 16.0 Å². The van der Waals surface area contributed by atoms with E-state index in [0.29, 0.717) is 48.9 Å². The molecule has 0 spiro atoms. The van der Waals surface area contributed by atoms with Crippen molar-refractivity contribution in [3.05, 3.63) is 64.9 Å². The molecule has 0 bridgehead atoms. The van der Waals surface area contributed by atoms with Gasteiger partial charge in [-0.3, -0.25) is 9.59 Å². The molecule has 9 heteroatoms. The highest BCUT2D eigenvalue weighted by Crippen LogP contribution is 2.14. The number of benzene rings is 2. The number of halogens is 2. The minimum absolute atomic E-state index is 0.00366. The smallest absolute Gasteiger partial charge is 0.321 e. The summed E-state index contributed by atoms with van der Waals surface area (Å²) in [5.41, 5.74) is 1.19. The second-order valence-corrected chi connectivity index (χ2v) is 7.68. The molecule has 7 nitrogen and oxygen atoms in total. The molecule has 1 aliphatic rings. The van der Waals surface area contributed by atoms with E-state index in [1.807, 2.05) is 0 Å². The van der Waals surface area contributed by atoms with Gasteiger partial charge in [-0.15, -0.1) is 0 Å². The van der Waals surface area contributed by atoms with Crippen LogP contribution in [0.5, 0.6) is 0 Å². The maximum Gasteiger partial charge on any atom is 0.321 e. The first kappa shape index (κ1) is 22.6. The molecule has 0 radical (unpaired) electrons. The van der Waals surface area contributed by atoms with E-state index in [9.17, 15) is 18.8 Å². The van der Waals surface area contributed by atoms with Crippen molar-refractivity contribution in [1.82, 2.24) is 15.1 Å². The van der Waals surface area contributed by atoms with Crippen LogP contribution in [0, 0.1) is 5.82 Å². The zero-order valence-electron chi connectivity index (χ0n) is 16.9. The lowest BCUT2D eigenvalue weighted by Gasteiger charge is -2.22. The van der Waals surface area contributed by atoms with Crippen LogP contribution < -0.4 is 10.6 Å². The molecule has 2 aromatic carbocycles. The number of hydrogen-bond donors (Lipinski definition) is 2. The van der Waals surface area contributed by atoms with Crippen LogP contribution in [0.3, 0.4) is 0 Å². The predicted molar refractivity (Wildman–Crippen MR) is 116 cm³/mol. The second kappa shape index (κ2) is 10.8. The Kier molecular flexibility index (Phi) is 7.83. The Balaban J connectivity index is 1.44. The first-order valence-corrected chi connectivity index (χ1v) is 10.4. The van der Waals surface area contributed by atoms with Gasteiger partial charge in [0.05, 0.1) is 13.0 Å². The van der Waals surface area contributed by atoms with E-state index in [-0.39, 0.29) is 30.8 Å². The van der Waals surface area contributed by atoms with Crippen LogP contribution in [0.1, 0.15) is 12.0 Å². The van der Waals surface area contributed by atoms with E-state index >= 15 is 0 Å². The van der Waals surface area contributed by atoms with Crippen LogP contribution in [0.4, 0.5) is 14.9 Å². The van der Waals surface area contributed by atoms with Crippen LogP contribution in [0.15, 0.2) is 48.5 Å². The summed E-state index contributed by atoms with van der Waals surface area (Å²) in [4.78, 5) is 40.3. The van der Waals surface area contributed by atoms with Crippen molar-refractivity contribution < 1.29 is 18.8 Å². The lowest BCUT2D eigenvalue weighted by atomic mass is 10.1. The minimum Gasteiger partial charge on any atom is -0.347 e. The van der Waals surface area contributed by atoms with Gasteiger partial charge in [0.15, 0.2) is 0 Å². The molecule has 0 unspecified atom stereocenters. The van der Waals surface area contributed by atoms with Gasteiger partial charge in [0.25, 0.3) is 0 Å². The van der Waals surface area contributed by atoms with Gasteiger partial charge in [-0.2, -0.15) is 0 Å². The van der Waals surface area contributed by atoms with Crippen molar-refractivity contribution in [3.8, 4) is 0 Å². The predicted octanol–water partition coefficient (Wildman–Crippen LogP) is 2.90. The first-order valence-electron chi connectivity index (χ1n) is 10.0. The molecule has 164 valence electrons. The zero-order valence-corrected chi connectivity index (χ0v) is 17.7. The van der Waals surface area contributed by atoms with Crippen molar-refractivity contribution in [3.63, 3.8) is 0 Å². The fraction of sp³-hybridized carbons (Fsp3) is 0.318. The summed E-state index contributed by atoms with van der Waals surface area (Å²) < 4.78 is 13.2. The van der Waals surface area contributed by atoms with Gasteiger partial charge >= 0.3 is 6.03 Å². The van der Waals surface area contributed by atoms with Gasteiger partial charge in [-0.1, -0.05) is 23.7 Å². The van der Waals surface area contributed by atoms with Gasteiger partial charge in [0, 0.05) is 36.9 Å². The van der Waals surface area contributed by atoms with E-state index < -0.39 is 5.82 Å². The van der Waals surface area contributed by atoms with E-state index in [4.69, 9.17) is 11.6 Å². The van der Waals surface area contributed by atoms with E-state index in [0.717, 1.165) is 0 Å². The highest BCUT2D eigenvalue weighted by molar-refractivity contribution is 6.30. The van der Waals surface area contributed by atoms with Crippen molar-refractivity contribution >= 4 is 35.1 Å². The number of carbonyl (C=O) groups excluding carboxylic acids is 3. The van der Waals surface area contributed by atoms with E-state index in [1.165, 1.54) is 18.2 Å². The van der Waals surface area contributed by atoms with Gasteiger partial charge in [-0.05, 0) is 48.4 Å². The maximum atomic E-state index is 13.2. The molecule has 2 N–H and O–H groups in total. The highest BCUT2D eigenvalue weighted by Gasteiger charge is 2.22. The van der Waals surface area contributed by atoms with Gasteiger partial charge < -0.3 is 20.4 Å². The zero-order chi connectivity index (χ0) is 22.2. The van der Waals surface area contributed by atoms with Gasteiger partial charge in [-0.25, -0.2) is 9.18 Å². The molecule has 1 saturated heterocycles. The molecule has 0 atom stereocenters. The molecule has 4 amide bonds. The number of hydrogen-bond acceptors (Lipinski definition) is 3. The second-order valence-electron chi connectivity index (χ2n) is 7.24. The maximum absolute atomic E-state index is 13.2. The summed E-state index contributed by atoms with van der Waals surface area (Å²) >= 11 is 5.85. The molecule has 0 saturated carbocycles. The molecular weight excluding hydrogens is 423 g/mol. The Morgan fingerprint density at radius 1 is 0.968 bits per heavy atom. The van der Waals surface area contributed by atoms with Crippen molar-refractivity contribution in [2.24, 2.45) is 0 Å². The summed E-state index contributed by atoms with van der Waals surface area (Å²) in [5, 5.41) is 5.99. The lowest BCUT2D eigenvalue weighted by molar-refractivity contribution is -0.132. The molecule has 3 rings (SSSR count). The lowest BCUT2D eigenvalue weighted by Crippen LogP contribution is -2.43. The number of carbonyl (C=O) groups is 3. The van der Waals surface area contributed by atoms with Crippen molar-refractivity contribution in [2.45, 2.75) is 12.8 Å². The Labute approximate surface area is 185 Å². The number of rotatable bonds is 5. The Morgan fingerprint density at radius 3 is 2.42 bits per heavy atom. The number of nitrogens with zero attached hydrogens (tertiary/aromatic N) is 2. The topological polar surface area (TPSA) is 81.8 Å². The number of urea groups is 1. The van der Waals surface area contributed by atoms with Gasteiger partial charge in [0.1, 0.15) is 5.82 Å². The van der Waals surface area contributed by atoms with Crippen LogP contribution in [0.25, 0.3) is 0 Å². The summed E-state index contributed by atoms with van der Waals surface area (Å²) in [6.45, 7) is 1.67. The standard InChI is InChI=1S/C22H24ClFN4O3/c23-17-5-7-19(8-6-17)26-22(31)28-10-2-9-27(11-12-28)21(30)15-25-20(29)14-16-3-1-4-18(24)13-16/h1,3-8,13H,2,9-12,14-15H2,(H,25,29)(H,26,31). The van der Waals surface area contributed by atoms with Crippen LogP contribution in [0.2, 0.25) is 5.02 Å². The minimum atomic E-state index is -0.407. The van der Waals surface area contributed by atoms with E-state index in [1.54, 1.807) is 40.1 Å². The number of anilines is 1. The van der Waals surface area contributed by atoms with E-state index in [2.05, 4.69) is 10.6 Å². The molecule has 0 aliphatic carbocycles. The number of amides is 4. The van der Waals surface area contributed by atoms with Crippen LogP contribution in [-0.4, -0.2) is 60.4 Å². The molecule has 0 aromatic heterocycles. The molecule has 1 fully saturated rings.